The van der Waals surface area contributed by atoms with E-state index < -0.39 is 0 Å². The van der Waals surface area contributed by atoms with Crippen LogP contribution in [0.3, 0.4) is 0 Å². The molecule has 7 heteroatoms. The van der Waals surface area contributed by atoms with E-state index in [1.54, 1.807) is 26.0 Å². The summed E-state index contributed by atoms with van der Waals surface area (Å²) in [6.07, 6.45) is 1.25. The molecule has 0 saturated carbocycles. The lowest BCUT2D eigenvalue weighted by Crippen LogP contribution is -2.39. The first-order chi connectivity index (χ1) is 12.0. The Labute approximate surface area is 174 Å². The minimum absolute atomic E-state index is 0. The lowest BCUT2D eigenvalue weighted by atomic mass is 10.1. The monoisotopic (exact) mass is 473 g/mol. The summed E-state index contributed by atoms with van der Waals surface area (Å²) in [5, 5.41) is 6.76. The number of carbonyl (C=O) groups excluding carboxylic acids is 1. The van der Waals surface area contributed by atoms with Crippen molar-refractivity contribution in [2.24, 2.45) is 10.9 Å². The molecule has 1 aliphatic heterocycles. The van der Waals surface area contributed by atoms with Gasteiger partial charge in [-0.15, -0.1) is 24.0 Å². The molecule has 0 bridgehead atoms. The summed E-state index contributed by atoms with van der Waals surface area (Å²) in [4.78, 5) is 20.3. The van der Waals surface area contributed by atoms with E-state index in [4.69, 9.17) is 0 Å². The summed E-state index contributed by atoms with van der Waals surface area (Å²) in [5.41, 5.74) is 1.83. The Hall–Kier alpha value is -1.35. The number of carbonyl (C=O) groups is 1. The Morgan fingerprint density at radius 2 is 1.96 bits per heavy atom. The second-order valence-electron chi connectivity index (χ2n) is 6.75. The first kappa shape index (κ1) is 22.7. The predicted octanol–water partition coefficient (Wildman–Crippen LogP) is 2.01. The van der Waals surface area contributed by atoms with Crippen LogP contribution in [0.2, 0.25) is 0 Å². The Morgan fingerprint density at radius 3 is 2.50 bits per heavy atom. The smallest absolute Gasteiger partial charge is 0.253 e. The van der Waals surface area contributed by atoms with Gasteiger partial charge in [-0.3, -0.25) is 9.79 Å². The highest BCUT2D eigenvalue weighted by Crippen LogP contribution is 2.14. The van der Waals surface area contributed by atoms with Gasteiger partial charge in [-0.05, 0) is 43.1 Å². The van der Waals surface area contributed by atoms with Gasteiger partial charge in [0, 0.05) is 46.3 Å². The predicted molar refractivity (Wildman–Crippen MR) is 118 cm³/mol. The SMILES string of the molecule is CCN1CCC(CNC(=NC)NCc2ccc(C(=O)N(C)C)cc2)C1.I. The molecule has 6 nitrogen and oxygen atoms in total. The number of nitrogens with zero attached hydrogens (tertiary/aromatic N) is 3. The fraction of sp³-hybridized carbons (Fsp3) is 0.579. The van der Waals surface area contributed by atoms with Crippen LogP contribution in [-0.4, -0.2) is 69.0 Å². The summed E-state index contributed by atoms with van der Waals surface area (Å²) in [7, 11) is 5.32. The van der Waals surface area contributed by atoms with E-state index >= 15 is 0 Å². The standard InChI is InChI=1S/C19H31N5O.HI/c1-5-24-11-10-16(14-24)13-22-19(20-2)21-12-15-6-8-17(9-7-15)18(25)23(3)4;/h6-9,16H,5,10-14H2,1-4H3,(H2,20,21,22);1H. The van der Waals surface area contributed by atoms with Crippen LogP contribution < -0.4 is 10.6 Å². The fourth-order valence-electron chi connectivity index (χ4n) is 3.04. The van der Waals surface area contributed by atoms with Crippen LogP contribution in [0.4, 0.5) is 0 Å². The van der Waals surface area contributed by atoms with Gasteiger partial charge >= 0.3 is 0 Å². The van der Waals surface area contributed by atoms with Gasteiger partial charge in [0.2, 0.25) is 0 Å². The number of rotatable bonds is 6. The largest absolute Gasteiger partial charge is 0.356 e. The maximum atomic E-state index is 11.9. The van der Waals surface area contributed by atoms with Gasteiger partial charge in [0.15, 0.2) is 5.96 Å². The summed E-state index contributed by atoms with van der Waals surface area (Å²) in [6.45, 7) is 7.35. The molecule has 0 aromatic heterocycles. The Balaban J connectivity index is 0.00000338. The number of amides is 1. The second-order valence-corrected chi connectivity index (χ2v) is 6.75. The van der Waals surface area contributed by atoms with E-state index in [1.807, 2.05) is 24.3 Å². The van der Waals surface area contributed by atoms with Gasteiger partial charge in [0.1, 0.15) is 0 Å². The molecule has 2 rings (SSSR count). The first-order valence-corrected chi connectivity index (χ1v) is 9.01. The van der Waals surface area contributed by atoms with E-state index in [0.29, 0.717) is 18.0 Å². The van der Waals surface area contributed by atoms with Crippen molar-refractivity contribution in [3.05, 3.63) is 35.4 Å². The van der Waals surface area contributed by atoms with Crippen LogP contribution in [0, 0.1) is 5.92 Å². The van der Waals surface area contributed by atoms with Gasteiger partial charge in [-0.25, -0.2) is 0 Å². The van der Waals surface area contributed by atoms with Crippen molar-refractivity contribution in [1.29, 1.82) is 0 Å². The number of guanidine groups is 1. The van der Waals surface area contributed by atoms with Crippen molar-refractivity contribution >= 4 is 35.8 Å². The van der Waals surface area contributed by atoms with Crippen LogP contribution in [0.25, 0.3) is 0 Å². The number of likely N-dealkylation sites (tertiary alicyclic amines) is 1. The zero-order valence-corrected chi connectivity index (χ0v) is 18.6. The normalized spacial score (nSPS) is 17.5. The van der Waals surface area contributed by atoms with Crippen molar-refractivity contribution in [3.63, 3.8) is 0 Å². The summed E-state index contributed by atoms with van der Waals surface area (Å²) >= 11 is 0. The number of aliphatic imine (C=N–C) groups is 1. The Kier molecular flexibility index (Phi) is 9.93. The molecule has 1 atom stereocenters. The molecular formula is C19H32IN5O. The Bertz CT molecular complexity index is 588. The van der Waals surface area contributed by atoms with E-state index in [1.165, 1.54) is 19.5 Å². The van der Waals surface area contributed by atoms with Crippen molar-refractivity contribution in [3.8, 4) is 0 Å². The van der Waals surface area contributed by atoms with Crippen molar-refractivity contribution in [1.82, 2.24) is 20.4 Å². The van der Waals surface area contributed by atoms with E-state index in [9.17, 15) is 4.79 Å². The number of nitrogens with one attached hydrogen (secondary N) is 2. The maximum absolute atomic E-state index is 11.9. The quantitative estimate of drug-likeness (QED) is 0.377. The number of halogens is 1. The summed E-state index contributed by atoms with van der Waals surface area (Å²) in [6, 6.07) is 7.70. The molecule has 1 aromatic carbocycles. The average Bonchev–Trinajstić information content (AvgIpc) is 3.09. The van der Waals surface area contributed by atoms with Crippen molar-refractivity contribution in [2.45, 2.75) is 19.9 Å². The molecule has 0 aliphatic carbocycles. The maximum Gasteiger partial charge on any atom is 0.253 e. The minimum atomic E-state index is 0. The molecule has 146 valence electrons. The highest BCUT2D eigenvalue weighted by atomic mass is 127. The van der Waals surface area contributed by atoms with Gasteiger partial charge in [0.05, 0.1) is 0 Å². The molecule has 1 amide bonds. The van der Waals surface area contributed by atoms with Crippen LogP contribution in [0.15, 0.2) is 29.3 Å². The molecule has 1 aliphatic rings. The Morgan fingerprint density at radius 1 is 1.27 bits per heavy atom. The van der Waals surface area contributed by atoms with Crippen LogP contribution in [0.5, 0.6) is 0 Å². The van der Waals surface area contributed by atoms with E-state index in [-0.39, 0.29) is 29.9 Å². The van der Waals surface area contributed by atoms with Gasteiger partial charge in [-0.1, -0.05) is 19.1 Å². The highest BCUT2D eigenvalue weighted by Gasteiger charge is 2.20. The number of hydrogen-bond donors (Lipinski definition) is 2. The van der Waals surface area contributed by atoms with Gasteiger partial charge in [0.25, 0.3) is 5.91 Å². The number of benzene rings is 1. The highest BCUT2D eigenvalue weighted by molar-refractivity contribution is 14.0. The average molecular weight is 473 g/mol. The summed E-state index contributed by atoms with van der Waals surface area (Å²) in [5.74, 6) is 1.54. The third-order valence-electron chi connectivity index (χ3n) is 4.67. The third kappa shape index (κ3) is 6.75. The van der Waals surface area contributed by atoms with Crippen molar-refractivity contribution in [2.75, 3.05) is 47.3 Å². The zero-order chi connectivity index (χ0) is 18.2. The lowest BCUT2D eigenvalue weighted by molar-refractivity contribution is 0.0827. The molecule has 1 fully saturated rings. The van der Waals surface area contributed by atoms with E-state index in [0.717, 1.165) is 24.6 Å². The first-order valence-electron chi connectivity index (χ1n) is 9.01. The molecule has 1 heterocycles. The molecule has 0 radical (unpaired) electrons. The van der Waals surface area contributed by atoms with Crippen molar-refractivity contribution < 1.29 is 4.79 Å². The molecular weight excluding hydrogens is 441 g/mol. The molecule has 2 N–H and O–H groups in total. The zero-order valence-electron chi connectivity index (χ0n) is 16.3. The van der Waals surface area contributed by atoms with Crippen LogP contribution in [-0.2, 0) is 6.54 Å². The number of hydrogen-bond acceptors (Lipinski definition) is 3. The van der Waals surface area contributed by atoms with E-state index in [2.05, 4.69) is 27.4 Å². The summed E-state index contributed by atoms with van der Waals surface area (Å²) < 4.78 is 0. The molecule has 26 heavy (non-hydrogen) atoms. The third-order valence-corrected chi connectivity index (χ3v) is 4.67. The van der Waals surface area contributed by atoms with Gasteiger partial charge in [-0.2, -0.15) is 0 Å². The minimum Gasteiger partial charge on any atom is -0.356 e. The van der Waals surface area contributed by atoms with Crippen LogP contribution >= 0.6 is 24.0 Å². The molecule has 0 spiro atoms. The fourth-order valence-corrected chi connectivity index (χ4v) is 3.04. The lowest BCUT2D eigenvalue weighted by Gasteiger charge is -2.16. The topological polar surface area (TPSA) is 60.0 Å². The molecule has 1 saturated heterocycles. The van der Waals surface area contributed by atoms with Crippen LogP contribution in [0.1, 0.15) is 29.3 Å². The molecule has 1 aromatic rings. The van der Waals surface area contributed by atoms with Gasteiger partial charge < -0.3 is 20.4 Å². The molecule has 1 unspecified atom stereocenters. The second kappa shape index (κ2) is 11.4.